The molecular weight excluding hydrogens is 172 g/mol. The van der Waals surface area contributed by atoms with Crippen LogP contribution in [0.2, 0.25) is 5.02 Å². The minimum Gasteiger partial charge on any atom is -0.330 e. The van der Waals surface area contributed by atoms with Crippen molar-refractivity contribution >= 4 is 11.6 Å². The van der Waals surface area contributed by atoms with Crippen molar-refractivity contribution in [2.45, 2.75) is 19.8 Å². The molecule has 2 N–H and O–H groups in total. The maximum absolute atomic E-state index is 5.93. The molecule has 2 nitrogen and oxygen atoms in total. The molecule has 1 rings (SSSR count). The lowest BCUT2D eigenvalue weighted by molar-refractivity contribution is 0.807. The van der Waals surface area contributed by atoms with Crippen molar-refractivity contribution in [1.82, 2.24) is 4.98 Å². The van der Waals surface area contributed by atoms with Crippen LogP contribution in [0.1, 0.15) is 17.8 Å². The lowest BCUT2D eigenvalue weighted by Gasteiger charge is -2.02. The Morgan fingerprint density at radius 1 is 1.50 bits per heavy atom. The molecule has 0 aliphatic heterocycles. The van der Waals surface area contributed by atoms with Crippen LogP contribution in [-0.2, 0) is 6.42 Å². The highest BCUT2D eigenvalue weighted by Gasteiger charge is 2.00. The third-order valence-corrected chi connectivity index (χ3v) is 2.02. The van der Waals surface area contributed by atoms with Crippen LogP contribution in [0.4, 0.5) is 0 Å². The molecule has 0 unspecified atom stereocenters. The van der Waals surface area contributed by atoms with Crippen LogP contribution in [0.15, 0.2) is 12.1 Å². The molecular formula is C9H13ClN2. The van der Waals surface area contributed by atoms with Crippen LogP contribution in [-0.4, -0.2) is 11.5 Å². The second-order valence-electron chi connectivity index (χ2n) is 2.77. The number of halogens is 1. The summed E-state index contributed by atoms with van der Waals surface area (Å²) in [4.78, 5) is 4.32. The van der Waals surface area contributed by atoms with E-state index in [1.165, 1.54) is 0 Å². The predicted molar refractivity (Wildman–Crippen MR) is 51.4 cm³/mol. The summed E-state index contributed by atoms with van der Waals surface area (Å²) in [5, 5.41) is 0.744. The van der Waals surface area contributed by atoms with Crippen molar-refractivity contribution in [3.8, 4) is 0 Å². The standard InChI is InChI=1S/C9H13ClN2/c1-7-4-5-8(10)9(12-7)3-2-6-11/h4-5H,2-3,6,11H2,1H3. The average Bonchev–Trinajstić information content (AvgIpc) is 2.07. The van der Waals surface area contributed by atoms with Gasteiger partial charge in [0.25, 0.3) is 0 Å². The zero-order chi connectivity index (χ0) is 8.97. The van der Waals surface area contributed by atoms with Crippen molar-refractivity contribution < 1.29 is 0 Å². The Balaban J connectivity index is 2.75. The molecule has 0 bridgehead atoms. The van der Waals surface area contributed by atoms with Gasteiger partial charge < -0.3 is 5.73 Å². The number of aryl methyl sites for hydroxylation is 2. The highest BCUT2D eigenvalue weighted by atomic mass is 35.5. The third-order valence-electron chi connectivity index (χ3n) is 1.68. The van der Waals surface area contributed by atoms with Crippen molar-refractivity contribution in [3.05, 3.63) is 28.5 Å². The first-order valence-corrected chi connectivity index (χ1v) is 4.44. The average molecular weight is 185 g/mol. The number of aromatic nitrogens is 1. The molecule has 0 spiro atoms. The van der Waals surface area contributed by atoms with Crippen molar-refractivity contribution in [2.75, 3.05) is 6.54 Å². The van der Waals surface area contributed by atoms with E-state index in [0.717, 1.165) is 29.3 Å². The fourth-order valence-electron chi connectivity index (χ4n) is 1.04. The van der Waals surface area contributed by atoms with Crippen molar-refractivity contribution in [1.29, 1.82) is 0 Å². The first kappa shape index (κ1) is 9.49. The summed E-state index contributed by atoms with van der Waals surface area (Å²) >= 11 is 5.93. The summed E-state index contributed by atoms with van der Waals surface area (Å²) < 4.78 is 0. The van der Waals surface area contributed by atoms with Gasteiger partial charge in [-0.2, -0.15) is 0 Å². The number of pyridine rings is 1. The van der Waals surface area contributed by atoms with E-state index in [1.807, 2.05) is 19.1 Å². The molecule has 0 aliphatic rings. The zero-order valence-corrected chi connectivity index (χ0v) is 7.93. The number of nitrogens with two attached hydrogens (primary N) is 1. The fourth-order valence-corrected chi connectivity index (χ4v) is 1.24. The van der Waals surface area contributed by atoms with Gasteiger partial charge >= 0.3 is 0 Å². The van der Waals surface area contributed by atoms with Crippen LogP contribution in [0.3, 0.4) is 0 Å². The third kappa shape index (κ3) is 2.47. The minimum atomic E-state index is 0.686. The molecule has 0 aromatic carbocycles. The molecule has 1 aromatic heterocycles. The largest absolute Gasteiger partial charge is 0.330 e. The number of rotatable bonds is 3. The molecule has 0 atom stereocenters. The Hall–Kier alpha value is -0.600. The molecule has 0 amide bonds. The van der Waals surface area contributed by atoms with Gasteiger partial charge in [0, 0.05) is 5.69 Å². The first-order chi connectivity index (χ1) is 5.74. The van der Waals surface area contributed by atoms with E-state index in [0.29, 0.717) is 6.54 Å². The molecule has 0 aliphatic carbocycles. The smallest absolute Gasteiger partial charge is 0.0621 e. The van der Waals surface area contributed by atoms with Gasteiger partial charge in [-0.25, -0.2) is 0 Å². The van der Waals surface area contributed by atoms with Crippen molar-refractivity contribution in [3.63, 3.8) is 0 Å². The van der Waals surface area contributed by atoms with Gasteiger partial charge in [0.1, 0.15) is 0 Å². The maximum atomic E-state index is 5.93. The second-order valence-corrected chi connectivity index (χ2v) is 3.18. The summed E-state index contributed by atoms with van der Waals surface area (Å²) in [6.07, 6.45) is 1.81. The summed E-state index contributed by atoms with van der Waals surface area (Å²) in [7, 11) is 0. The van der Waals surface area contributed by atoms with Gasteiger partial charge in [-0.1, -0.05) is 11.6 Å². The van der Waals surface area contributed by atoms with E-state index < -0.39 is 0 Å². The van der Waals surface area contributed by atoms with E-state index >= 15 is 0 Å². The van der Waals surface area contributed by atoms with Crippen molar-refractivity contribution in [2.24, 2.45) is 5.73 Å². The summed E-state index contributed by atoms with van der Waals surface area (Å²) in [6, 6.07) is 3.80. The first-order valence-electron chi connectivity index (χ1n) is 4.06. The second kappa shape index (κ2) is 4.43. The molecule has 1 aromatic rings. The Bertz CT molecular complexity index is 261. The molecule has 0 saturated heterocycles. The van der Waals surface area contributed by atoms with E-state index in [1.54, 1.807) is 0 Å². The Kier molecular flexibility index (Phi) is 3.50. The highest BCUT2D eigenvalue weighted by Crippen LogP contribution is 2.15. The van der Waals surface area contributed by atoms with Gasteiger partial charge in [0.05, 0.1) is 10.7 Å². The predicted octanol–water partition coefficient (Wildman–Crippen LogP) is 1.93. The van der Waals surface area contributed by atoms with Crippen LogP contribution in [0.25, 0.3) is 0 Å². The zero-order valence-electron chi connectivity index (χ0n) is 7.18. The fraction of sp³-hybridized carbons (Fsp3) is 0.444. The van der Waals surface area contributed by atoms with Crippen LogP contribution in [0, 0.1) is 6.92 Å². The van der Waals surface area contributed by atoms with Crippen LogP contribution >= 0.6 is 11.6 Å². The highest BCUT2D eigenvalue weighted by molar-refractivity contribution is 6.31. The van der Waals surface area contributed by atoms with E-state index in [9.17, 15) is 0 Å². The Labute approximate surface area is 77.8 Å². The topological polar surface area (TPSA) is 38.9 Å². The van der Waals surface area contributed by atoms with Gasteiger partial charge in [-0.05, 0) is 38.4 Å². The number of hydrogen-bond acceptors (Lipinski definition) is 2. The molecule has 12 heavy (non-hydrogen) atoms. The summed E-state index contributed by atoms with van der Waals surface area (Å²) in [5.74, 6) is 0. The molecule has 0 fully saturated rings. The summed E-state index contributed by atoms with van der Waals surface area (Å²) in [6.45, 7) is 2.65. The lowest BCUT2D eigenvalue weighted by atomic mass is 10.2. The molecule has 0 saturated carbocycles. The number of nitrogens with zero attached hydrogens (tertiary/aromatic N) is 1. The molecule has 3 heteroatoms. The van der Waals surface area contributed by atoms with E-state index in [2.05, 4.69) is 4.98 Å². The minimum absolute atomic E-state index is 0.686. The molecule has 0 radical (unpaired) electrons. The summed E-state index contributed by atoms with van der Waals surface area (Å²) in [5.41, 5.74) is 7.36. The van der Waals surface area contributed by atoms with Crippen LogP contribution in [0.5, 0.6) is 0 Å². The number of hydrogen-bond donors (Lipinski definition) is 1. The van der Waals surface area contributed by atoms with Gasteiger partial charge in [0.15, 0.2) is 0 Å². The monoisotopic (exact) mass is 184 g/mol. The molecule has 66 valence electrons. The van der Waals surface area contributed by atoms with Gasteiger partial charge in [-0.3, -0.25) is 4.98 Å². The van der Waals surface area contributed by atoms with Gasteiger partial charge in [-0.15, -0.1) is 0 Å². The maximum Gasteiger partial charge on any atom is 0.0621 e. The van der Waals surface area contributed by atoms with E-state index in [4.69, 9.17) is 17.3 Å². The van der Waals surface area contributed by atoms with Gasteiger partial charge in [0.2, 0.25) is 0 Å². The lowest BCUT2D eigenvalue weighted by Crippen LogP contribution is -2.02. The normalized spacial score (nSPS) is 10.2. The quantitative estimate of drug-likeness (QED) is 0.780. The SMILES string of the molecule is Cc1ccc(Cl)c(CCCN)n1. The molecule has 1 heterocycles. The van der Waals surface area contributed by atoms with E-state index in [-0.39, 0.29) is 0 Å². The Morgan fingerprint density at radius 2 is 2.25 bits per heavy atom. The Morgan fingerprint density at radius 3 is 2.92 bits per heavy atom. The van der Waals surface area contributed by atoms with Crippen LogP contribution < -0.4 is 5.73 Å².